The van der Waals surface area contributed by atoms with Crippen molar-refractivity contribution >= 4 is 11.3 Å². The number of nitrogens with zero attached hydrogens (tertiary/aromatic N) is 1. The Morgan fingerprint density at radius 2 is 2.12 bits per heavy atom. The molecule has 1 aliphatic carbocycles. The standard InChI is InChI=1S/C13H21NO2S/c1-13(9-15,10-16)8-14(12-2-3-12)6-11-4-5-17-7-11/h4-5,7,12,15-16H,2-3,6,8-10H2,1H3. The summed E-state index contributed by atoms with van der Waals surface area (Å²) in [6.07, 6.45) is 2.49. The molecule has 1 aliphatic rings. The highest BCUT2D eigenvalue weighted by Crippen LogP contribution is 2.31. The van der Waals surface area contributed by atoms with Gasteiger partial charge in [0.15, 0.2) is 0 Å². The number of hydrogen-bond donors (Lipinski definition) is 2. The Morgan fingerprint density at radius 1 is 1.41 bits per heavy atom. The van der Waals surface area contributed by atoms with Crippen LogP contribution in [0.15, 0.2) is 16.8 Å². The molecule has 3 nitrogen and oxygen atoms in total. The SMILES string of the molecule is CC(CO)(CO)CN(Cc1ccsc1)C1CC1. The molecule has 0 aromatic carbocycles. The smallest absolute Gasteiger partial charge is 0.0519 e. The van der Waals surface area contributed by atoms with Crippen LogP contribution in [0.5, 0.6) is 0 Å². The third kappa shape index (κ3) is 3.52. The van der Waals surface area contributed by atoms with Gasteiger partial charge in [-0.25, -0.2) is 0 Å². The summed E-state index contributed by atoms with van der Waals surface area (Å²) in [6, 6.07) is 2.79. The maximum atomic E-state index is 9.38. The third-order valence-electron chi connectivity index (χ3n) is 3.38. The highest BCUT2D eigenvalue weighted by atomic mass is 32.1. The molecule has 0 aliphatic heterocycles. The van der Waals surface area contributed by atoms with E-state index in [4.69, 9.17) is 0 Å². The van der Waals surface area contributed by atoms with E-state index < -0.39 is 5.41 Å². The van der Waals surface area contributed by atoms with Crippen LogP contribution in [0.25, 0.3) is 0 Å². The minimum atomic E-state index is -0.390. The minimum absolute atomic E-state index is 0.0381. The molecule has 4 heteroatoms. The predicted octanol–water partition coefficient (Wildman–Crippen LogP) is 1.70. The van der Waals surface area contributed by atoms with Crippen molar-refractivity contribution in [3.63, 3.8) is 0 Å². The van der Waals surface area contributed by atoms with Crippen molar-refractivity contribution in [1.29, 1.82) is 0 Å². The lowest BCUT2D eigenvalue weighted by molar-refractivity contribution is 0.0302. The summed E-state index contributed by atoms with van der Waals surface area (Å²) in [7, 11) is 0. The van der Waals surface area contributed by atoms with Crippen molar-refractivity contribution in [3.8, 4) is 0 Å². The molecule has 1 heterocycles. The van der Waals surface area contributed by atoms with Crippen molar-refractivity contribution in [3.05, 3.63) is 22.4 Å². The van der Waals surface area contributed by atoms with Gasteiger partial charge in [0.05, 0.1) is 13.2 Å². The van der Waals surface area contributed by atoms with Gasteiger partial charge in [0.1, 0.15) is 0 Å². The molecule has 1 fully saturated rings. The molecule has 0 unspecified atom stereocenters. The van der Waals surface area contributed by atoms with E-state index in [2.05, 4.69) is 21.7 Å². The molecule has 0 radical (unpaired) electrons. The lowest BCUT2D eigenvalue weighted by Gasteiger charge is -2.32. The Bertz CT molecular complexity index is 331. The van der Waals surface area contributed by atoms with E-state index in [9.17, 15) is 10.2 Å². The first kappa shape index (κ1) is 13.0. The first-order chi connectivity index (χ1) is 8.17. The second kappa shape index (κ2) is 5.48. The monoisotopic (exact) mass is 255 g/mol. The number of hydrogen-bond acceptors (Lipinski definition) is 4. The van der Waals surface area contributed by atoms with Gasteiger partial charge < -0.3 is 10.2 Å². The van der Waals surface area contributed by atoms with Crippen LogP contribution in [0.2, 0.25) is 0 Å². The van der Waals surface area contributed by atoms with E-state index >= 15 is 0 Å². The number of thiophene rings is 1. The van der Waals surface area contributed by atoms with Crippen molar-refractivity contribution in [2.45, 2.75) is 32.4 Å². The van der Waals surface area contributed by atoms with Gasteiger partial charge >= 0.3 is 0 Å². The summed E-state index contributed by atoms with van der Waals surface area (Å²) < 4.78 is 0. The summed E-state index contributed by atoms with van der Waals surface area (Å²) >= 11 is 1.72. The van der Waals surface area contributed by atoms with Gasteiger partial charge in [-0.3, -0.25) is 4.90 Å². The average Bonchev–Trinajstić information content (AvgIpc) is 3.07. The minimum Gasteiger partial charge on any atom is -0.396 e. The van der Waals surface area contributed by atoms with Gasteiger partial charge in [0.2, 0.25) is 0 Å². The van der Waals surface area contributed by atoms with Crippen LogP contribution >= 0.6 is 11.3 Å². The molecule has 96 valence electrons. The van der Waals surface area contributed by atoms with Crippen LogP contribution in [0.4, 0.5) is 0 Å². The molecule has 2 N–H and O–H groups in total. The van der Waals surface area contributed by atoms with E-state index in [1.807, 2.05) is 6.92 Å². The van der Waals surface area contributed by atoms with Crippen LogP contribution in [0.1, 0.15) is 25.3 Å². The number of aliphatic hydroxyl groups is 2. The molecule has 0 saturated heterocycles. The van der Waals surface area contributed by atoms with Crippen molar-refractivity contribution in [2.75, 3.05) is 19.8 Å². The van der Waals surface area contributed by atoms with E-state index in [0.717, 1.165) is 13.1 Å². The molecule has 17 heavy (non-hydrogen) atoms. The Morgan fingerprint density at radius 3 is 2.59 bits per heavy atom. The van der Waals surface area contributed by atoms with Crippen molar-refractivity contribution in [2.24, 2.45) is 5.41 Å². The first-order valence-corrected chi connectivity index (χ1v) is 7.08. The second-order valence-electron chi connectivity index (χ2n) is 5.39. The van der Waals surface area contributed by atoms with Crippen LogP contribution < -0.4 is 0 Å². The summed E-state index contributed by atoms with van der Waals surface area (Å²) in [5, 5.41) is 23.0. The zero-order valence-electron chi connectivity index (χ0n) is 10.3. The highest BCUT2D eigenvalue weighted by molar-refractivity contribution is 7.07. The van der Waals surface area contributed by atoms with Gasteiger partial charge in [-0.05, 0) is 35.2 Å². The molecular formula is C13H21NO2S. The third-order valence-corrected chi connectivity index (χ3v) is 4.11. The lowest BCUT2D eigenvalue weighted by Crippen LogP contribution is -2.41. The molecule has 1 aromatic heterocycles. The quantitative estimate of drug-likeness (QED) is 0.779. The summed E-state index contributed by atoms with van der Waals surface area (Å²) in [6.45, 7) is 3.72. The molecule has 0 spiro atoms. The average molecular weight is 255 g/mol. The maximum Gasteiger partial charge on any atom is 0.0519 e. The van der Waals surface area contributed by atoms with Gasteiger partial charge in [-0.2, -0.15) is 11.3 Å². The molecule has 0 amide bonds. The number of aliphatic hydroxyl groups excluding tert-OH is 2. The Kier molecular flexibility index (Phi) is 4.20. The maximum absolute atomic E-state index is 9.38. The molecule has 1 aromatic rings. The van der Waals surface area contributed by atoms with Crippen molar-refractivity contribution < 1.29 is 10.2 Å². The summed E-state index contributed by atoms with van der Waals surface area (Å²) in [4.78, 5) is 2.40. The van der Waals surface area contributed by atoms with Crippen LogP contribution in [-0.4, -0.2) is 40.9 Å². The Hall–Kier alpha value is -0.420. The van der Waals surface area contributed by atoms with E-state index in [1.54, 1.807) is 11.3 Å². The molecule has 0 atom stereocenters. The Labute approximate surface area is 107 Å². The van der Waals surface area contributed by atoms with Gasteiger partial charge in [0, 0.05) is 24.5 Å². The lowest BCUT2D eigenvalue weighted by atomic mass is 9.92. The van der Waals surface area contributed by atoms with E-state index in [0.29, 0.717) is 6.04 Å². The fraction of sp³-hybridized carbons (Fsp3) is 0.692. The predicted molar refractivity (Wildman–Crippen MR) is 70.0 cm³/mol. The van der Waals surface area contributed by atoms with Gasteiger partial charge in [0.25, 0.3) is 0 Å². The van der Waals surface area contributed by atoms with Gasteiger partial charge in [-0.15, -0.1) is 0 Å². The van der Waals surface area contributed by atoms with Gasteiger partial charge in [-0.1, -0.05) is 6.92 Å². The topological polar surface area (TPSA) is 43.7 Å². The molecule has 1 saturated carbocycles. The largest absolute Gasteiger partial charge is 0.396 e. The summed E-state index contributed by atoms with van der Waals surface area (Å²) in [5.74, 6) is 0. The van der Waals surface area contributed by atoms with Crippen LogP contribution in [0, 0.1) is 5.41 Å². The zero-order valence-corrected chi connectivity index (χ0v) is 11.1. The van der Waals surface area contributed by atoms with Crippen LogP contribution in [-0.2, 0) is 6.54 Å². The normalized spacial score (nSPS) is 16.7. The van der Waals surface area contributed by atoms with E-state index in [1.165, 1.54) is 18.4 Å². The molecular weight excluding hydrogens is 234 g/mol. The first-order valence-electron chi connectivity index (χ1n) is 6.14. The molecule has 0 bridgehead atoms. The van der Waals surface area contributed by atoms with Crippen molar-refractivity contribution in [1.82, 2.24) is 4.90 Å². The Balaban J connectivity index is 1.97. The fourth-order valence-corrected chi connectivity index (χ4v) is 2.67. The molecule has 2 rings (SSSR count). The second-order valence-corrected chi connectivity index (χ2v) is 6.17. The van der Waals surface area contributed by atoms with E-state index in [-0.39, 0.29) is 13.2 Å². The highest BCUT2D eigenvalue weighted by Gasteiger charge is 2.34. The zero-order chi connectivity index (χ0) is 12.3. The fourth-order valence-electron chi connectivity index (χ4n) is 2.01. The van der Waals surface area contributed by atoms with Crippen LogP contribution in [0.3, 0.4) is 0 Å². The number of rotatable bonds is 7. The summed E-state index contributed by atoms with van der Waals surface area (Å²) in [5.41, 5.74) is 0.943.